The van der Waals surface area contributed by atoms with E-state index in [2.05, 4.69) is 15.9 Å². The Hall–Kier alpha value is -0.970. The van der Waals surface area contributed by atoms with E-state index < -0.39 is 17.9 Å². The van der Waals surface area contributed by atoms with Crippen molar-refractivity contribution < 1.29 is 28.4 Å². The number of piperazine rings is 1. The number of nitrogens with zero attached hydrogens (tertiary/aromatic N) is 2. The molecule has 4 aliphatic rings. The SMILES string of the molecule is CC1(C)O[C@@H]2[C@H](O1)[C@@H](OCCCN1CCN(c3cccc(Cl)c3)CC1)O[C@@H]2[C@H]1COC(C)(C)O1. The summed E-state index contributed by atoms with van der Waals surface area (Å²) in [6.07, 6.45) is -0.527. The summed E-state index contributed by atoms with van der Waals surface area (Å²) in [5.41, 5.74) is 1.19. The second-order valence-corrected chi connectivity index (χ2v) is 10.9. The number of anilines is 1. The Kier molecular flexibility index (Phi) is 7.14. The molecule has 5 rings (SSSR count). The van der Waals surface area contributed by atoms with Gasteiger partial charge in [0, 0.05) is 43.4 Å². The zero-order valence-corrected chi connectivity index (χ0v) is 21.3. The quantitative estimate of drug-likeness (QED) is 0.533. The summed E-state index contributed by atoms with van der Waals surface area (Å²) >= 11 is 6.15. The number of ether oxygens (including phenoxy) is 6. The number of fused-ring (bicyclic) bond motifs is 1. The van der Waals surface area contributed by atoms with Crippen molar-refractivity contribution >= 4 is 17.3 Å². The Labute approximate surface area is 207 Å². The maximum atomic E-state index is 6.26. The molecular weight excluding hydrogens is 460 g/mol. The lowest BCUT2D eigenvalue weighted by atomic mass is 10.1. The van der Waals surface area contributed by atoms with Gasteiger partial charge in [0.25, 0.3) is 0 Å². The van der Waals surface area contributed by atoms with Crippen LogP contribution in [0.1, 0.15) is 34.1 Å². The number of halogens is 1. The molecule has 0 bridgehead atoms. The van der Waals surface area contributed by atoms with E-state index in [1.807, 2.05) is 45.9 Å². The maximum Gasteiger partial charge on any atom is 0.187 e. The first-order valence-electron chi connectivity index (χ1n) is 12.4. The molecule has 4 aliphatic heterocycles. The molecule has 5 atom stereocenters. The van der Waals surface area contributed by atoms with Crippen molar-refractivity contribution in [1.82, 2.24) is 4.90 Å². The highest BCUT2D eigenvalue weighted by atomic mass is 35.5. The molecule has 4 heterocycles. The molecule has 4 saturated heterocycles. The van der Waals surface area contributed by atoms with Gasteiger partial charge in [-0.3, -0.25) is 4.90 Å². The summed E-state index contributed by atoms with van der Waals surface area (Å²) in [6.45, 7) is 13.8. The second-order valence-electron chi connectivity index (χ2n) is 10.4. The summed E-state index contributed by atoms with van der Waals surface area (Å²) < 4.78 is 36.5. The summed E-state index contributed by atoms with van der Waals surface area (Å²) in [4.78, 5) is 4.87. The largest absolute Gasteiger partial charge is 0.369 e. The van der Waals surface area contributed by atoms with E-state index in [4.69, 9.17) is 40.0 Å². The molecule has 1 aromatic rings. The normalized spacial score (nSPS) is 35.1. The average molecular weight is 497 g/mol. The number of benzene rings is 1. The van der Waals surface area contributed by atoms with Crippen molar-refractivity contribution in [2.75, 3.05) is 50.8 Å². The lowest BCUT2D eigenvalue weighted by molar-refractivity contribution is -0.247. The Morgan fingerprint density at radius 1 is 0.971 bits per heavy atom. The highest BCUT2D eigenvalue weighted by molar-refractivity contribution is 6.30. The predicted octanol–water partition coefficient (Wildman–Crippen LogP) is 3.27. The van der Waals surface area contributed by atoms with Gasteiger partial charge in [-0.2, -0.15) is 0 Å². The molecule has 0 saturated carbocycles. The summed E-state index contributed by atoms with van der Waals surface area (Å²) in [7, 11) is 0. The zero-order valence-electron chi connectivity index (χ0n) is 20.6. The molecule has 190 valence electrons. The molecule has 1 aromatic carbocycles. The Morgan fingerprint density at radius 3 is 2.44 bits per heavy atom. The third kappa shape index (κ3) is 5.55. The minimum atomic E-state index is -0.670. The van der Waals surface area contributed by atoms with Crippen LogP contribution in [0.3, 0.4) is 0 Å². The molecule has 0 amide bonds. The van der Waals surface area contributed by atoms with Crippen LogP contribution in [-0.4, -0.2) is 93.1 Å². The first-order valence-corrected chi connectivity index (χ1v) is 12.7. The van der Waals surface area contributed by atoms with E-state index in [-0.39, 0.29) is 24.4 Å². The van der Waals surface area contributed by atoms with Crippen LogP contribution in [0, 0.1) is 0 Å². The fourth-order valence-corrected chi connectivity index (χ4v) is 5.48. The monoisotopic (exact) mass is 496 g/mol. The van der Waals surface area contributed by atoms with Gasteiger partial charge in [-0.25, -0.2) is 0 Å². The first-order chi connectivity index (χ1) is 16.2. The van der Waals surface area contributed by atoms with Gasteiger partial charge < -0.3 is 33.3 Å². The van der Waals surface area contributed by atoms with Crippen LogP contribution in [0.25, 0.3) is 0 Å². The molecule has 4 fully saturated rings. The third-order valence-electron chi connectivity index (χ3n) is 6.89. The van der Waals surface area contributed by atoms with Gasteiger partial charge in [0.2, 0.25) is 0 Å². The molecule has 0 aliphatic carbocycles. The van der Waals surface area contributed by atoms with Crippen molar-refractivity contribution in [3.05, 3.63) is 29.3 Å². The molecule has 8 nitrogen and oxygen atoms in total. The lowest BCUT2D eigenvalue weighted by Crippen LogP contribution is -2.46. The van der Waals surface area contributed by atoms with Gasteiger partial charge in [0.15, 0.2) is 17.9 Å². The Morgan fingerprint density at radius 2 is 1.74 bits per heavy atom. The topological polar surface area (TPSA) is 61.9 Å². The van der Waals surface area contributed by atoms with Gasteiger partial charge in [0.1, 0.15) is 24.4 Å². The van der Waals surface area contributed by atoms with Gasteiger partial charge >= 0.3 is 0 Å². The predicted molar refractivity (Wildman–Crippen MR) is 128 cm³/mol. The van der Waals surface area contributed by atoms with Crippen LogP contribution in [0.4, 0.5) is 5.69 Å². The van der Waals surface area contributed by atoms with E-state index in [0.29, 0.717) is 13.2 Å². The molecule has 0 unspecified atom stereocenters. The van der Waals surface area contributed by atoms with Crippen molar-refractivity contribution in [3.8, 4) is 0 Å². The molecule has 0 spiro atoms. The van der Waals surface area contributed by atoms with Crippen LogP contribution >= 0.6 is 11.6 Å². The fourth-order valence-electron chi connectivity index (χ4n) is 5.29. The van der Waals surface area contributed by atoms with Crippen LogP contribution in [-0.2, 0) is 28.4 Å². The molecule has 34 heavy (non-hydrogen) atoms. The third-order valence-corrected chi connectivity index (χ3v) is 7.13. The smallest absolute Gasteiger partial charge is 0.187 e. The summed E-state index contributed by atoms with van der Waals surface area (Å²) in [5.74, 6) is -1.29. The molecular formula is C25H37ClN2O6. The maximum absolute atomic E-state index is 6.26. The average Bonchev–Trinajstić information content (AvgIpc) is 3.41. The van der Waals surface area contributed by atoms with Crippen LogP contribution in [0.5, 0.6) is 0 Å². The van der Waals surface area contributed by atoms with Gasteiger partial charge in [0.05, 0.1) is 13.2 Å². The second kappa shape index (κ2) is 9.82. The van der Waals surface area contributed by atoms with Crippen molar-refractivity contribution in [1.29, 1.82) is 0 Å². The van der Waals surface area contributed by atoms with Crippen LogP contribution in [0.15, 0.2) is 24.3 Å². The molecule has 0 aromatic heterocycles. The number of hydrogen-bond acceptors (Lipinski definition) is 8. The van der Waals surface area contributed by atoms with E-state index >= 15 is 0 Å². The van der Waals surface area contributed by atoms with Crippen molar-refractivity contribution in [2.45, 2.75) is 76.4 Å². The minimum absolute atomic E-state index is 0.204. The number of rotatable bonds is 7. The molecule has 0 radical (unpaired) electrons. The summed E-state index contributed by atoms with van der Waals surface area (Å²) in [5, 5.41) is 0.784. The fraction of sp³-hybridized carbons (Fsp3) is 0.760. The highest BCUT2D eigenvalue weighted by Gasteiger charge is 2.59. The van der Waals surface area contributed by atoms with E-state index in [9.17, 15) is 0 Å². The minimum Gasteiger partial charge on any atom is -0.369 e. The van der Waals surface area contributed by atoms with Gasteiger partial charge in [-0.1, -0.05) is 17.7 Å². The van der Waals surface area contributed by atoms with Gasteiger partial charge in [-0.05, 0) is 52.3 Å². The Balaban J connectivity index is 1.08. The van der Waals surface area contributed by atoms with Gasteiger partial charge in [-0.15, -0.1) is 0 Å². The van der Waals surface area contributed by atoms with E-state index in [1.165, 1.54) is 5.69 Å². The van der Waals surface area contributed by atoms with E-state index in [1.54, 1.807) is 0 Å². The van der Waals surface area contributed by atoms with E-state index in [0.717, 1.165) is 44.2 Å². The number of hydrogen-bond donors (Lipinski definition) is 0. The summed E-state index contributed by atoms with van der Waals surface area (Å²) in [6, 6.07) is 8.08. The van der Waals surface area contributed by atoms with Crippen molar-refractivity contribution in [3.63, 3.8) is 0 Å². The lowest BCUT2D eigenvalue weighted by Gasteiger charge is -2.36. The molecule has 0 N–H and O–H groups in total. The first kappa shape index (κ1) is 24.7. The highest BCUT2D eigenvalue weighted by Crippen LogP contribution is 2.42. The van der Waals surface area contributed by atoms with Crippen molar-refractivity contribution in [2.24, 2.45) is 0 Å². The van der Waals surface area contributed by atoms with Crippen LogP contribution < -0.4 is 4.90 Å². The standard InChI is InChI=1S/C25H37ClN2O6/c1-24(2)30-16-19(32-24)20-21-22(34-25(3,4)33-21)23(31-20)29-14-6-9-27-10-12-28(13-11-27)18-8-5-7-17(26)15-18/h5,7-8,15,19-23H,6,9-14,16H2,1-4H3/t19-,20-,21+,22+,23+/m1/s1. The molecule has 9 heteroatoms. The Bertz CT molecular complexity index is 846. The zero-order chi connectivity index (χ0) is 23.9. The van der Waals surface area contributed by atoms with Crippen LogP contribution in [0.2, 0.25) is 5.02 Å².